The Bertz CT molecular complexity index is 2050. The molecule has 10 heteroatoms. The molecule has 222 valence electrons. The van der Waals surface area contributed by atoms with Crippen molar-refractivity contribution in [3.63, 3.8) is 0 Å². The number of carbonyl (C=O) groups is 2. The molecule has 3 aromatic carbocycles. The minimum absolute atomic E-state index is 0.0115. The predicted octanol–water partition coefficient (Wildman–Crippen LogP) is 6.16. The van der Waals surface area contributed by atoms with Gasteiger partial charge in [-0.3, -0.25) is 4.79 Å². The smallest absolute Gasteiger partial charge is 0.343 e. The van der Waals surface area contributed by atoms with Crippen molar-refractivity contribution in [1.29, 1.82) is 0 Å². The fourth-order valence-corrected chi connectivity index (χ4v) is 8.95. The number of aliphatic hydroxyl groups is 1. The molecule has 5 aromatic rings. The van der Waals surface area contributed by atoms with Crippen molar-refractivity contribution in [3.05, 3.63) is 58.7 Å². The second-order valence-corrected chi connectivity index (χ2v) is 14.3. The fraction of sp³-hybridized carbons (Fsp3) is 0.394. The number of carbonyl (C=O) groups excluding carboxylic acids is 2. The van der Waals surface area contributed by atoms with Crippen LogP contribution >= 0.6 is 23.5 Å². The van der Waals surface area contributed by atoms with Crippen LogP contribution in [0.15, 0.2) is 36.4 Å². The van der Waals surface area contributed by atoms with Crippen LogP contribution in [0.5, 0.6) is 0 Å². The van der Waals surface area contributed by atoms with Gasteiger partial charge in [-0.05, 0) is 59.4 Å². The molecule has 1 fully saturated rings. The number of fused-ring (bicyclic) bond motifs is 13. The molecule has 43 heavy (non-hydrogen) atoms. The van der Waals surface area contributed by atoms with Crippen LogP contribution in [0.3, 0.4) is 0 Å². The van der Waals surface area contributed by atoms with E-state index >= 15 is 0 Å². The van der Waals surface area contributed by atoms with Gasteiger partial charge >= 0.3 is 5.97 Å². The SMILES string of the molecule is CCSCc1ccc2c(c1)c1c3c(c4c5cc(CSCC)ccc5n5c4c1n2[C@@H]1C[C@@](O)(C(=O)OC)[C@@]5(C)O1)CNC3=O. The van der Waals surface area contributed by atoms with Crippen molar-refractivity contribution in [2.75, 3.05) is 18.6 Å². The number of hydrogen-bond acceptors (Lipinski definition) is 7. The lowest BCUT2D eigenvalue weighted by atomic mass is 9.88. The number of thioether (sulfide) groups is 2. The molecular formula is C33H33N3O5S2. The van der Waals surface area contributed by atoms with Gasteiger partial charge in [0.15, 0.2) is 5.72 Å². The zero-order chi connectivity index (χ0) is 29.8. The molecule has 0 spiro atoms. The Morgan fingerprint density at radius 1 is 1.05 bits per heavy atom. The molecule has 3 aliphatic rings. The van der Waals surface area contributed by atoms with Gasteiger partial charge < -0.3 is 29.0 Å². The van der Waals surface area contributed by atoms with Crippen LogP contribution in [-0.4, -0.2) is 50.3 Å². The number of esters is 1. The minimum atomic E-state index is -1.95. The first-order valence-electron chi connectivity index (χ1n) is 14.8. The molecule has 2 bridgehead atoms. The van der Waals surface area contributed by atoms with Gasteiger partial charge in [0.2, 0.25) is 5.60 Å². The maximum Gasteiger partial charge on any atom is 0.343 e. The van der Waals surface area contributed by atoms with Crippen LogP contribution in [0.2, 0.25) is 0 Å². The average Bonchev–Trinajstić information content (AvgIpc) is 3.70. The number of benzene rings is 3. The number of nitrogens with one attached hydrogen (secondary N) is 1. The first kappa shape index (κ1) is 27.4. The summed E-state index contributed by atoms with van der Waals surface area (Å²) in [5.74, 6) is 2.95. The van der Waals surface area contributed by atoms with Gasteiger partial charge in [0.1, 0.15) is 6.23 Å². The summed E-state index contributed by atoms with van der Waals surface area (Å²) in [6.07, 6.45) is -0.650. The quantitative estimate of drug-likeness (QED) is 0.212. The third-order valence-corrected chi connectivity index (χ3v) is 11.5. The summed E-state index contributed by atoms with van der Waals surface area (Å²) in [5, 5.41) is 19.2. The maximum absolute atomic E-state index is 13.7. The van der Waals surface area contributed by atoms with Crippen molar-refractivity contribution < 1.29 is 24.2 Å². The summed E-state index contributed by atoms with van der Waals surface area (Å²) < 4.78 is 16.2. The molecular weight excluding hydrogens is 583 g/mol. The standard InChI is InChI=1S/C33H33N3O5S2/c1-5-42-15-17-7-9-22-19(11-17)26-27-21(14-34-30(27)37)25-20-12-18(16-43-6-2)8-10-23(20)36-29(25)28(26)35(22)24-13-33(39,31(38)40-4)32(36,3)41-24/h7-12,24,39H,5-6,13-16H2,1-4H3,(H,34,37)/t24-,32+,33+/m0/s1. The second-order valence-electron chi connectivity index (χ2n) is 11.8. The molecule has 8 rings (SSSR count). The third kappa shape index (κ3) is 3.38. The highest BCUT2D eigenvalue weighted by molar-refractivity contribution is 7.98. The van der Waals surface area contributed by atoms with E-state index in [-0.39, 0.29) is 12.3 Å². The lowest BCUT2D eigenvalue weighted by Crippen LogP contribution is -2.56. The van der Waals surface area contributed by atoms with Crippen LogP contribution in [-0.2, 0) is 38.0 Å². The number of aromatic nitrogens is 2. The Labute approximate surface area is 257 Å². The number of methoxy groups -OCH3 is 1. The molecule has 3 atom stereocenters. The van der Waals surface area contributed by atoms with Crippen LogP contribution in [0, 0.1) is 0 Å². The normalized spacial score (nSPS) is 24.0. The molecule has 1 saturated heterocycles. The summed E-state index contributed by atoms with van der Waals surface area (Å²) in [7, 11) is 1.30. The zero-order valence-electron chi connectivity index (χ0n) is 24.6. The summed E-state index contributed by atoms with van der Waals surface area (Å²) in [4.78, 5) is 27.1. The molecule has 2 N–H and O–H groups in total. The highest BCUT2D eigenvalue weighted by Crippen LogP contribution is 2.58. The molecule has 5 heterocycles. The summed E-state index contributed by atoms with van der Waals surface area (Å²) >= 11 is 3.71. The average molecular weight is 616 g/mol. The number of ether oxygens (including phenoxy) is 2. The van der Waals surface area contributed by atoms with Crippen molar-refractivity contribution in [3.8, 4) is 0 Å². The first-order chi connectivity index (χ1) is 20.8. The second kappa shape index (κ2) is 9.41. The van der Waals surface area contributed by atoms with E-state index in [0.29, 0.717) is 12.1 Å². The highest BCUT2D eigenvalue weighted by Gasteiger charge is 2.65. The summed E-state index contributed by atoms with van der Waals surface area (Å²) in [6.45, 7) is 6.50. The molecule has 2 aromatic heterocycles. The van der Waals surface area contributed by atoms with Crippen molar-refractivity contribution in [2.45, 2.75) is 62.8 Å². The Morgan fingerprint density at radius 3 is 2.35 bits per heavy atom. The fourth-order valence-electron chi connectivity index (χ4n) is 7.71. The summed E-state index contributed by atoms with van der Waals surface area (Å²) in [6, 6.07) is 12.8. The van der Waals surface area contributed by atoms with Gasteiger partial charge in [-0.1, -0.05) is 26.0 Å². The van der Waals surface area contributed by atoms with Crippen LogP contribution in [0.25, 0.3) is 43.6 Å². The minimum Gasteiger partial charge on any atom is -0.467 e. The maximum atomic E-state index is 13.7. The van der Waals surface area contributed by atoms with E-state index in [1.54, 1.807) is 6.92 Å². The third-order valence-electron chi connectivity index (χ3n) is 9.62. The Kier molecular flexibility index (Phi) is 5.99. The van der Waals surface area contributed by atoms with Crippen LogP contribution in [0.4, 0.5) is 0 Å². The molecule has 8 nitrogen and oxygen atoms in total. The molecule has 1 amide bonds. The van der Waals surface area contributed by atoms with Crippen LogP contribution < -0.4 is 5.32 Å². The monoisotopic (exact) mass is 615 g/mol. The van der Waals surface area contributed by atoms with Gasteiger partial charge in [0.25, 0.3) is 5.91 Å². The molecule has 0 aliphatic carbocycles. The van der Waals surface area contributed by atoms with E-state index in [9.17, 15) is 14.7 Å². The molecule has 3 aliphatic heterocycles. The van der Waals surface area contributed by atoms with Gasteiger partial charge in [-0.15, -0.1) is 0 Å². The molecule has 0 saturated carbocycles. The number of rotatable bonds is 7. The van der Waals surface area contributed by atoms with E-state index in [1.165, 1.54) is 18.2 Å². The zero-order valence-corrected chi connectivity index (χ0v) is 26.2. The van der Waals surface area contributed by atoms with E-state index in [4.69, 9.17) is 9.47 Å². The largest absolute Gasteiger partial charge is 0.467 e. The Hall–Kier alpha value is -3.18. The molecule has 0 radical (unpaired) electrons. The van der Waals surface area contributed by atoms with Crippen LogP contribution in [0.1, 0.15) is 60.5 Å². The Morgan fingerprint density at radius 2 is 1.70 bits per heavy atom. The topological polar surface area (TPSA) is 94.7 Å². The number of hydrogen-bond donors (Lipinski definition) is 2. The number of amides is 1. The van der Waals surface area contributed by atoms with Crippen molar-refractivity contribution in [2.24, 2.45) is 0 Å². The van der Waals surface area contributed by atoms with E-state index in [2.05, 4.69) is 60.1 Å². The van der Waals surface area contributed by atoms with Crippen molar-refractivity contribution >= 4 is 79.0 Å². The number of nitrogens with zero attached hydrogens (tertiary/aromatic N) is 2. The first-order valence-corrected chi connectivity index (χ1v) is 17.1. The van der Waals surface area contributed by atoms with E-state index in [1.807, 2.05) is 28.1 Å². The van der Waals surface area contributed by atoms with Gasteiger partial charge in [-0.2, -0.15) is 23.5 Å². The van der Waals surface area contributed by atoms with Gasteiger partial charge in [0.05, 0.1) is 34.7 Å². The lowest BCUT2D eigenvalue weighted by molar-refractivity contribution is -0.202. The summed E-state index contributed by atoms with van der Waals surface area (Å²) in [5.41, 5.74) is 4.14. The Balaban J connectivity index is 1.60. The van der Waals surface area contributed by atoms with Crippen molar-refractivity contribution in [1.82, 2.24) is 14.5 Å². The molecule has 0 unspecified atom stereocenters. The van der Waals surface area contributed by atoms with Gasteiger partial charge in [0, 0.05) is 46.0 Å². The van der Waals surface area contributed by atoms with E-state index in [0.717, 1.165) is 72.2 Å². The van der Waals surface area contributed by atoms with Gasteiger partial charge in [-0.25, -0.2) is 4.79 Å². The lowest BCUT2D eigenvalue weighted by Gasteiger charge is -2.37. The highest BCUT2D eigenvalue weighted by atomic mass is 32.2. The predicted molar refractivity (Wildman–Crippen MR) is 173 cm³/mol. The van der Waals surface area contributed by atoms with E-state index < -0.39 is 23.5 Å².